The van der Waals surface area contributed by atoms with Crippen LogP contribution in [0.1, 0.15) is 12.8 Å². The number of nitrogens with zero attached hydrogens (tertiary/aromatic N) is 2. The summed E-state index contributed by atoms with van der Waals surface area (Å²) in [7, 11) is -3.68. The summed E-state index contributed by atoms with van der Waals surface area (Å²) in [5.74, 6) is -0.249. The van der Waals surface area contributed by atoms with Gasteiger partial charge in [-0.25, -0.2) is 18.1 Å². The van der Waals surface area contributed by atoms with E-state index in [1.54, 1.807) is 34.5 Å². The highest BCUT2D eigenvalue weighted by molar-refractivity contribution is 7.94. The minimum Gasteiger partial charge on any atom is -0.312 e. The molecule has 2 aromatic rings. The van der Waals surface area contributed by atoms with Crippen LogP contribution in [-0.4, -0.2) is 37.8 Å². The zero-order valence-electron chi connectivity index (χ0n) is 13.1. The lowest BCUT2D eigenvalue weighted by Gasteiger charge is -2.16. The molecule has 1 unspecified atom stereocenters. The Morgan fingerprint density at radius 1 is 1.16 bits per heavy atom. The molecule has 2 saturated heterocycles. The van der Waals surface area contributed by atoms with E-state index in [9.17, 15) is 18.0 Å². The summed E-state index contributed by atoms with van der Waals surface area (Å²) in [6.07, 6.45) is 1.50. The van der Waals surface area contributed by atoms with Gasteiger partial charge in [-0.15, -0.1) is 11.3 Å². The smallest absolute Gasteiger partial charge is 0.312 e. The van der Waals surface area contributed by atoms with Crippen LogP contribution in [0.25, 0.3) is 0 Å². The fourth-order valence-corrected chi connectivity index (χ4v) is 5.23. The Labute approximate surface area is 148 Å². The lowest BCUT2D eigenvalue weighted by molar-refractivity contribution is -0.119. The standard InChI is InChI=1S/C16H15N3O4S2/c20-15-13-6-2-8-18(13)16(21)19(15)12-5-1-4-11(10-12)17-25(22,23)14-7-3-9-24-14/h1,3-5,7,9-10,13,17H,2,6,8H2. The minimum atomic E-state index is -3.68. The number of nitrogens with one attached hydrogen (secondary N) is 1. The van der Waals surface area contributed by atoms with E-state index in [2.05, 4.69) is 4.72 Å². The molecule has 3 amide bonds. The third-order valence-electron chi connectivity index (χ3n) is 4.31. The van der Waals surface area contributed by atoms with Crippen molar-refractivity contribution in [2.75, 3.05) is 16.2 Å². The topological polar surface area (TPSA) is 86.8 Å². The summed E-state index contributed by atoms with van der Waals surface area (Å²) < 4.78 is 27.3. The second-order valence-corrected chi connectivity index (χ2v) is 8.75. The fraction of sp³-hybridized carbons (Fsp3) is 0.250. The molecule has 1 N–H and O–H groups in total. The highest BCUT2D eigenvalue weighted by Gasteiger charge is 2.48. The zero-order chi connectivity index (χ0) is 17.6. The van der Waals surface area contributed by atoms with Crippen LogP contribution in [0.15, 0.2) is 46.0 Å². The number of thiophene rings is 1. The van der Waals surface area contributed by atoms with Crippen LogP contribution in [0.4, 0.5) is 16.2 Å². The highest BCUT2D eigenvalue weighted by Crippen LogP contribution is 2.32. The maximum atomic E-state index is 12.5. The first-order valence-electron chi connectivity index (χ1n) is 7.78. The normalized spacial score (nSPS) is 20.2. The molecule has 0 spiro atoms. The number of rotatable bonds is 4. The number of anilines is 2. The van der Waals surface area contributed by atoms with E-state index in [-0.39, 0.29) is 22.2 Å². The van der Waals surface area contributed by atoms with Gasteiger partial charge >= 0.3 is 6.03 Å². The van der Waals surface area contributed by atoms with Gasteiger partial charge < -0.3 is 4.90 Å². The van der Waals surface area contributed by atoms with Gasteiger partial charge in [-0.3, -0.25) is 9.52 Å². The third kappa shape index (κ3) is 2.69. The van der Waals surface area contributed by atoms with E-state index in [0.29, 0.717) is 24.3 Å². The average molecular weight is 377 g/mol. The number of sulfonamides is 1. The Kier molecular flexibility index (Phi) is 3.77. The van der Waals surface area contributed by atoms with Gasteiger partial charge in [0.2, 0.25) is 0 Å². The highest BCUT2D eigenvalue weighted by atomic mass is 32.2. The molecular weight excluding hydrogens is 362 g/mol. The van der Waals surface area contributed by atoms with E-state index in [4.69, 9.17) is 0 Å². The maximum absolute atomic E-state index is 12.5. The van der Waals surface area contributed by atoms with Crippen molar-refractivity contribution in [2.45, 2.75) is 23.1 Å². The molecule has 9 heteroatoms. The Hall–Kier alpha value is -2.39. The van der Waals surface area contributed by atoms with Crippen LogP contribution in [0.5, 0.6) is 0 Å². The molecule has 0 radical (unpaired) electrons. The third-order valence-corrected chi connectivity index (χ3v) is 7.09. The van der Waals surface area contributed by atoms with Crippen molar-refractivity contribution in [3.8, 4) is 0 Å². The zero-order valence-corrected chi connectivity index (χ0v) is 14.7. The van der Waals surface area contributed by atoms with Gasteiger partial charge in [0.1, 0.15) is 10.3 Å². The molecule has 2 aliphatic heterocycles. The minimum absolute atomic E-state index is 0.201. The molecule has 1 aromatic heterocycles. The number of hydrogen-bond donors (Lipinski definition) is 1. The summed E-state index contributed by atoms with van der Waals surface area (Å²) >= 11 is 1.11. The fourth-order valence-electron chi connectivity index (χ4n) is 3.19. The monoisotopic (exact) mass is 377 g/mol. The molecule has 1 atom stereocenters. The molecule has 3 heterocycles. The van der Waals surface area contributed by atoms with E-state index < -0.39 is 10.0 Å². The molecule has 0 aliphatic carbocycles. The van der Waals surface area contributed by atoms with E-state index in [1.165, 1.54) is 12.1 Å². The van der Waals surface area contributed by atoms with Crippen molar-refractivity contribution in [3.63, 3.8) is 0 Å². The van der Waals surface area contributed by atoms with Gasteiger partial charge in [-0.05, 0) is 42.5 Å². The molecule has 25 heavy (non-hydrogen) atoms. The van der Waals surface area contributed by atoms with Gasteiger partial charge in [0.15, 0.2) is 0 Å². The molecule has 0 bridgehead atoms. The molecule has 2 aliphatic rings. The summed E-state index contributed by atoms with van der Waals surface area (Å²) in [6, 6.07) is 8.77. The number of benzene rings is 1. The number of urea groups is 1. The van der Waals surface area contributed by atoms with Crippen molar-refractivity contribution < 1.29 is 18.0 Å². The number of carbonyl (C=O) groups is 2. The molecule has 7 nitrogen and oxygen atoms in total. The van der Waals surface area contributed by atoms with Crippen molar-refractivity contribution in [3.05, 3.63) is 41.8 Å². The largest absolute Gasteiger partial charge is 0.332 e. The Morgan fingerprint density at radius 2 is 2.00 bits per heavy atom. The predicted molar refractivity (Wildman–Crippen MR) is 94.2 cm³/mol. The van der Waals surface area contributed by atoms with Gasteiger partial charge in [-0.1, -0.05) is 12.1 Å². The van der Waals surface area contributed by atoms with Crippen molar-refractivity contribution in [1.29, 1.82) is 0 Å². The predicted octanol–water partition coefficient (Wildman–Crippen LogP) is 2.48. The van der Waals surface area contributed by atoms with E-state index >= 15 is 0 Å². The summed E-state index contributed by atoms with van der Waals surface area (Å²) in [5, 5.41) is 1.68. The van der Waals surface area contributed by atoms with Gasteiger partial charge in [-0.2, -0.15) is 0 Å². The van der Waals surface area contributed by atoms with Crippen LogP contribution in [0.3, 0.4) is 0 Å². The van der Waals surface area contributed by atoms with E-state index in [0.717, 1.165) is 22.7 Å². The van der Waals surface area contributed by atoms with E-state index in [1.807, 2.05) is 0 Å². The van der Waals surface area contributed by atoms with Crippen LogP contribution in [-0.2, 0) is 14.8 Å². The summed E-state index contributed by atoms with van der Waals surface area (Å²) in [5.41, 5.74) is 0.675. The second-order valence-electron chi connectivity index (χ2n) is 5.90. The van der Waals surface area contributed by atoms with Gasteiger partial charge in [0.05, 0.1) is 11.4 Å². The Bertz CT molecular complexity index is 918. The summed E-state index contributed by atoms with van der Waals surface area (Å²) in [4.78, 5) is 27.7. The number of carbonyl (C=O) groups excluding carboxylic acids is 2. The first-order chi connectivity index (χ1) is 12.0. The number of amides is 3. The first-order valence-corrected chi connectivity index (χ1v) is 10.1. The molecule has 1 aromatic carbocycles. The second kappa shape index (κ2) is 5.85. The molecule has 2 fully saturated rings. The van der Waals surface area contributed by atoms with Gasteiger partial charge in [0, 0.05) is 6.54 Å². The molecule has 130 valence electrons. The first kappa shape index (κ1) is 16.1. The number of fused-ring (bicyclic) bond motifs is 1. The van der Waals surface area contributed by atoms with Crippen LogP contribution < -0.4 is 9.62 Å². The molecule has 4 rings (SSSR count). The molecule has 0 saturated carbocycles. The Balaban J connectivity index is 1.62. The van der Waals surface area contributed by atoms with Crippen LogP contribution in [0.2, 0.25) is 0 Å². The van der Waals surface area contributed by atoms with Crippen molar-refractivity contribution in [1.82, 2.24) is 4.90 Å². The quantitative estimate of drug-likeness (QED) is 0.830. The van der Waals surface area contributed by atoms with Crippen molar-refractivity contribution in [2.24, 2.45) is 0 Å². The SMILES string of the molecule is O=C1C2CCCN2C(=O)N1c1cccc(NS(=O)(=O)c2cccs2)c1. The number of imide groups is 1. The van der Waals surface area contributed by atoms with Crippen molar-refractivity contribution >= 4 is 44.7 Å². The van der Waals surface area contributed by atoms with Crippen LogP contribution in [0, 0.1) is 0 Å². The summed E-state index contributed by atoms with van der Waals surface area (Å²) in [6.45, 7) is 0.580. The lowest BCUT2D eigenvalue weighted by atomic mass is 10.2. The lowest BCUT2D eigenvalue weighted by Crippen LogP contribution is -2.33. The maximum Gasteiger partial charge on any atom is 0.332 e. The molecular formula is C16H15N3O4S2. The van der Waals surface area contributed by atoms with Crippen LogP contribution >= 0.6 is 11.3 Å². The average Bonchev–Trinajstić information content (AvgIpc) is 3.29. The van der Waals surface area contributed by atoms with Gasteiger partial charge in [0.25, 0.3) is 15.9 Å². The number of hydrogen-bond acceptors (Lipinski definition) is 5. The Morgan fingerprint density at radius 3 is 2.72 bits per heavy atom.